The predicted molar refractivity (Wildman–Crippen MR) is 112 cm³/mol. The van der Waals surface area contributed by atoms with Crippen molar-refractivity contribution in [3.63, 3.8) is 0 Å². The molecule has 0 aliphatic carbocycles. The summed E-state index contributed by atoms with van der Waals surface area (Å²) in [7, 11) is 0. The predicted octanol–water partition coefficient (Wildman–Crippen LogP) is 3.50. The zero-order chi connectivity index (χ0) is 21.3. The number of likely N-dealkylation sites (tertiary alicyclic amines) is 1. The van der Waals surface area contributed by atoms with E-state index in [9.17, 15) is 9.18 Å². The molecule has 2 aromatic heterocycles. The molecule has 1 saturated heterocycles. The number of nitrogens with zero attached hydrogens (tertiary/aromatic N) is 5. The number of aryl methyl sites for hydroxylation is 3. The standard InChI is InChI=1S/C22H25FN6O/c1-14-9-20(26-19-6-4-5-18(23)10-19)11-21(24-14)17-7-8-28(12-17)22(30)13-29-16(3)25-15(2)27-29/h4-6,9-11,17H,7-8,12-13H2,1-3H3,(H,24,26)/t17-/m1/s1. The smallest absolute Gasteiger partial charge is 0.244 e. The van der Waals surface area contributed by atoms with Crippen molar-refractivity contribution in [1.29, 1.82) is 0 Å². The Labute approximate surface area is 175 Å². The molecule has 1 aromatic carbocycles. The number of amides is 1. The van der Waals surface area contributed by atoms with E-state index < -0.39 is 0 Å². The van der Waals surface area contributed by atoms with Crippen molar-refractivity contribution in [2.24, 2.45) is 0 Å². The molecule has 1 fully saturated rings. The van der Waals surface area contributed by atoms with Crippen LogP contribution in [0.15, 0.2) is 36.4 Å². The first-order valence-electron chi connectivity index (χ1n) is 10.0. The molecule has 1 N–H and O–H groups in total. The number of pyridine rings is 1. The van der Waals surface area contributed by atoms with Crippen LogP contribution in [0.3, 0.4) is 0 Å². The van der Waals surface area contributed by atoms with E-state index in [0.29, 0.717) is 24.6 Å². The van der Waals surface area contributed by atoms with Gasteiger partial charge in [0.05, 0.1) is 0 Å². The maximum absolute atomic E-state index is 13.5. The molecule has 4 rings (SSSR count). The van der Waals surface area contributed by atoms with Crippen LogP contribution < -0.4 is 5.32 Å². The highest BCUT2D eigenvalue weighted by atomic mass is 19.1. The average molecular weight is 408 g/mol. The van der Waals surface area contributed by atoms with Gasteiger partial charge in [0.25, 0.3) is 0 Å². The first-order chi connectivity index (χ1) is 14.4. The lowest BCUT2D eigenvalue weighted by molar-refractivity contribution is -0.131. The van der Waals surface area contributed by atoms with Crippen LogP contribution in [0.1, 0.15) is 35.4 Å². The highest BCUT2D eigenvalue weighted by Gasteiger charge is 2.29. The Bertz CT molecular complexity index is 1080. The molecule has 7 nitrogen and oxygen atoms in total. The number of nitrogens with one attached hydrogen (secondary N) is 1. The molecule has 0 spiro atoms. The average Bonchev–Trinajstić information content (AvgIpc) is 3.28. The fraction of sp³-hybridized carbons (Fsp3) is 0.364. The van der Waals surface area contributed by atoms with Crippen LogP contribution in [0.25, 0.3) is 0 Å². The van der Waals surface area contributed by atoms with Gasteiger partial charge in [0.2, 0.25) is 5.91 Å². The molecule has 1 atom stereocenters. The van der Waals surface area contributed by atoms with Gasteiger partial charge in [-0.2, -0.15) is 5.10 Å². The molecular formula is C22H25FN6O. The highest BCUT2D eigenvalue weighted by molar-refractivity contribution is 5.76. The second-order valence-corrected chi connectivity index (χ2v) is 7.75. The van der Waals surface area contributed by atoms with E-state index in [1.54, 1.807) is 10.7 Å². The second kappa shape index (κ2) is 8.22. The Morgan fingerprint density at radius 2 is 2.00 bits per heavy atom. The van der Waals surface area contributed by atoms with Gasteiger partial charge in [-0.15, -0.1) is 0 Å². The van der Waals surface area contributed by atoms with Gasteiger partial charge in [-0.05, 0) is 57.5 Å². The minimum atomic E-state index is -0.284. The van der Waals surface area contributed by atoms with Crippen molar-refractivity contribution in [3.8, 4) is 0 Å². The third kappa shape index (κ3) is 4.48. The fourth-order valence-corrected chi connectivity index (χ4v) is 3.88. The van der Waals surface area contributed by atoms with Gasteiger partial charge in [0, 0.05) is 41.8 Å². The first kappa shape index (κ1) is 20.0. The fourth-order valence-electron chi connectivity index (χ4n) is 3.88. The Morgan fingerprint density at radius 1 is 1.17 bits per heavy atom. The molecule has 0 saturated carbocycles. The minimum Gasteiger partial charge on any atom is -0.355 e. The Balaban J connectivity index is 1.45. The summed E-state index contributed by atoms with van der Waals surface area (Å²) in [5, 5.41) is 7.52. The zero-order valence-corrected chi connectivity index (χ0v) is 17.4. The molecule has 1 aliphatic heterocycles. The van der Waals surface area contributed by atoms with Gasteiger partial charge in [-0.25, -0.2) is 14.1 Å². The van der Waals surface area contributed by atoms with Crippen LogP contribution in [-0.4, -0.2) is 43.6 Å². The molecule has 3 heterocycles. The molecular weight excluding hydrogens is 383 g/mol. The quantitative estimate of drug-likeness (QED) is 0.699. The second-order valence-electron chi connectivity index (χ2n) is 7.75. The van der Waals surface area contributed by atoms with Crippen molar-refractivity contribution >= 4 is 17.3 Å². The van der Waals surface area contributed by atoms with Gasteiger partial charge in [0.15, 0.2) is 0 Å². The Hall–Kier alpha value is -3.29. The Morgan fingerprint density at radius 3 is 2.73 bits per heavy atom. The van der Waals surface area contributed by atoms with E-state index in [2.05, 4.69) is 15.4 Å². The number of anilines is 2. The van der Waals surface area contributed by atoms with Gasteiger partial charge >= 0.3 is 0 Å². The number of hydrogen-bond acceptors (Lipinski definition) is 5. The SMILES string of the molecule is Cc1cc(Nc2cccc(F)c2)cc([C@@H]2CCN(C(=O)Cn3nc(C)nc3C)C2)n1. The third-order valence-corrected chi connectivity index (χ3v) is 5.29. The van der Waals surface area contributed by atoms with Crippen molar-refractivity contribution < 1.29 is 9.18 Å². The Kier molecular flexibility index (Phi) is 5.48. The summed E-state index contributed by atoms with van der Waals surface area (Å²) in [6.07, 6.45) is 0.858. The molecule has 156 valence electrons. The summed E-state index contributed by atoms with van der Waals surface area (Å²) < 4.78 is 15.1. The van der Waals surface area contributed by atoms with Crippen molar-refractivity contribution in [2.45, 2.75) is 39.7 Å². The number of carbonyl (C=O) groups excluding carboxylic acids is 1. The van der Waals surface area contributed by atoms with E-state index in [-0.39, 0.29) is 24.2 Å². The third-order valence-electron chi connectivity index (χ3n) is 5.29. The lowest BCUT2D eigenvalue weighted by Crippen LogP contribution is -2.32. The van der Waals surface area contributed by atoms with Crippen LogP contribution in [0, 0.1) is 26.6 Å². The number of benzene rings is 1. The zero-order valence-electron chi connectivity index (χ0n) is 17.4. The molecule has 0 radical (unpaired) electrons. The molecule has 8 heteroatoms. The summed E-state index contributed by atoms with van der Waals surface area (Å²) >= 11 is 0. The summed E-state index contributed by atoms with van der Waals surface area (Å²) in [6.45, 7) is 7.13. The van der Waals surface area contributed by atoms with E-state index in [1.807, 2.05) is 43.9 Å². The van der Waals surface area contributed by atoms with E-state index in [0.717, 1.165) is 29.3 Å². The minimum absolute atomic E-state index is 0.0382. The molecule has 1 aliphatic rings. The molecule has 0 bridgehead atoms. The van der Waals surface area contributed by atoms with Crippen LogP contribution in [0.5, 0.6) is 0 Å². The largest absolute Gasteiger partial charge is 0.355 e. The number of halogens is 1. The topological polar surface area (TPSA) is 75.9 Å². The van der Waals surface area contributed by atoms with Gasteiger partial charge in [-0.1, -0.05) is 6.07 Å². The highest BCUT2D eigenvalue weighted by Crippen LogP contribution is 2.29. The molecule has 1 amide bonds. The van der Waals surface area contributed by atoms with Gasteiger partial charge in [-0.3, -0.25) is 9.78 Å². The van der Waals surface area contributed by atoms with E-state index >= 15 is 0 Å². The molecule has 3 aromatic rings. The van der Waals surface area contributed by atoms with Crippen molar-refractivity contribution in [2.75, 3.05) is 18.4 Å². The van der Waals surface area contributed by atoms with Crippen LogP contribution in [0.4, 0.5) is 15.8 Å². The van der Waals surface area contributed by atoms with Crippen LogP contribution in [0.2, 0.25) is 0 Å². The lowest BCUT2D eigenvalue weighted by atomic mass is 10.0. The molecule has 0 unspecified atom stereocenters. The van der Waals surface area contributed by atoms with Crippen molar-refractivity contribution in [3.05, 3.63) is 65.3 Å². The normalized spacial score (nSPS) is 16.1. The van der Waals surface area contributed by atoms with E-state index in [4.69, 9.17) is 4.98 Å². The van der Waals surface area contributed by atoms with Gasteiger partial charge in [0.1, 0.15) is 24.0 Å². The number of hydrogen-bond donors (Lipinski definition) is 1. The van der Waals surface area contributed by atoms with E-state index in [1.165, 1.54) is 12.1 Å². The maximum Gasteiger partial charge on any atom is 0.244 e. The van der Waals surface area contributed by atoms with Gasteiger partial charge < -0.3 is 10.2 Å². The number of carbonyl (C=O) groups is 1. The lowest BCUT2D eigenvalue weighted by Gasteiger charge is -2.17. The summed E-state index contributed by atoms with van der Waals surface area (Å²) in [6, 6.07) is 10.3. The van der Waals surface area contributed by atoms with Crippen molar-refractivity contribution in [1.82, 2.24) is 24.6 Å². The number of rotatable bonds is 5. The monoisotopic (exact) mass is 408 g/mol. The summed E-state index contributed by atoms with van der Waals surface area (Å²) in [5.74, 6) is 1.33. The summed E-state index contributed by atoms with van der Waals surface area (Å²) in [4.78, 5) is 23.5. The van der Waals surface area contributed by atoms with Crippen LogP contribution >= 0.6 is 0 Å². The van der Waals surface area contributed by atoms with Crippen LogP contribution in [-0.2, 0) is 11.3 Å². The number of aromatic nitrogens is 4. The first-order valence-corrected chi connectivity index (χ1v) is 10.0. The summed E-state index contributed by atoms with van der Waals surface area (Å²) in [5.41, 5.74) is 3.37. The maximum atomic E-state index is 13.5. The molecule has 30 heavy (non-hydrogen) atoms.